The molecule has 0 amide bonds. The van der Waals surface area contributed by atoms with Crippen molar-refractivity contribution in [2.24, 2.45) is 5.92 Å². The summed E-state index contributed by atoms with van der Waals surface area (Å²) in [7, 11) is -3.93. The van der Waals surface area contributed by atoms with Crippen LogP contribution in [0.5, 0.6) is 5.75 Å². The smallest absolute Gasteiger partial charge is 0.379 e. The molecular formula is C46H62FN2O10P. The van der Waals surface area contributed by atoms with E-state index < -0.39 is 61.4 Å². The van der Waals surface area contributed by atoms with Crippen LogP contribution in [0.25, 0.3) is 0 Å². The topological polar surface area (TPSA) is 174 Å². The lowest BCUT2D eigenvalue weighted by atomic mass is 9.94. The average Bonchev–Trinajstić information content (AvgIpc) is 3.44. The molecule has 0 saturated carbocycles. The summed E-state index contributed by atoms with van der Waals surface area (Å²) >= 11 is 0. The van der Waals surface area contributed by atoms with Crippen LogP contribution in [0.4, 0.5) is 4.39 Å². The molecule has 2 aromatic rings. The van der Waals surface area contributed by atoms with E-state index in [2.05, 4.69) is 67.7 Å². The number of unbranched alkanes of at least 4 members (excludes halogenated alkanes) is 2. The van der Waals surface area contributed by atoms with Gasteiger partial charge in [0.05, 0.1) is 18.7 Å². The van der Waals surface area contributed by atoms with Crippen LogP contribution < -0.4 is 15.8 Å². The van der Waals surface area contributed by atoms with Crippen LogP contribution in [0.15, 0.2) is 125 Å². The zero-order valence-electron chi connectivity index (χ0n) is 34.8. The number of aliphatic hydroxyl groups is 1. The SMILES string of the molecule is CC/C=C\C/C=C\C/C=C\C/C=C\C/C=C\C/C=C\CCC(=O)CC(CCCCCP(=O)(OC[C@H]1O[C@@H](n2ccc(=O)[nH]c2=O)[C@](C)(F)[C@@H]1O)Oc1ccccc1)C(=O)O. The summed E-state index contributed by atoms with van der Waals surface area (Å²) < 4.78 is 47.7. The quantitative estimate of drug-likeness (QED) is 0.0406. The normalized spacial score (nSPS) is 21.3. The molecular weight excluding hydrogens is 790 g/mol. The van der Waals surface area contributed by atoms with Crippen LogP contribution in [0.3, 0.4) is 0 Å². The van der Waals surface area contributed by atoms with Crippen LogP contribution in [0, 0.1) is 5.92 Å². The number of halogens is 1. The van der Waals surface area contributed by atoms with E-state index in [-0.39, 0.29) is 37.0 Å². The number of nitrogens with one attached hydrogen (secondary N) is 1. The fourth-order valence-corrected chi connectivity index (χ4v) is 8.08. The molecule has 328 valence electrons. The Balaban J connectivity index is 1.38. The number of allylic oxidation sites excluding steroid dienone is 12. The molecule has 6 atom stereocenters. The van der Waals surface area contributed by atoms with Crippen molar-refractivity contribution in [1.29, 1.82) is 0 Å². The second-order valence-corrected chi connectivity index (χ2v) is 16.9. The molecule has 0 radical (unpaired) electrons. The van der Waals surface area contributed by atoms with Gasteiger partial charge in [-0.05, 0) is 76.8 Å². The van der Waals surface area contributed by atoms with Crippen LogP contribution >= 0.6 is 7.60 Å². The average molecular weight is 853 g/mol. The van der Waals surface area contributed by atoms with Gasteiger partial charge in [0.25, 0.3) is 5.56 Å². The van der Waals surface area contributed by atoms with E-state index >= 15 is 4.39 Å². The van der Waals surface area contributed by atoms with Crippen molar-refractivity contribution in [3.05, 3.63) is 136 Å². The number of aromatic amines is 1. The number of benzene rings is 1. The van der Waals surface area contributed by atoms with Gasteiger partial charge in [-0.15, -0.1) is 0 Å². The van der Waals surface area contributed by atoms with E-state index in [0.717, 1.165) is 62.3 Å². The molecule has 1 fully saturated rings. The first-order valence-corrected chi connectivity index (χ1v) is 22.6. The lowest BCUT2D eigenvalue weighted by Crippen LogP contribution is -2.43. The summed E-state index contributed by atoms with van der Waals surface area (Å²) in [5.41, 5.74) is -4.09. The summed E-state index contributed by atoms with van der Waals surface area (Å²) in [4.78, 5) is 50.5. The van der Waals surface area contributed by atoms with Gasteiger partial charge < -0.3 is 19.5 Å². The Morgan fingerprint density at radius 3 is 2.05 bits per heavy atom. The Morgan fingerprint density at radius 2 is 1.48 bits per heavy atom. The van der Waals surface area contributed by atoms with E-state index in [1.165, 1.54) is 0 Å². The highest BCUT2D eigenvalue weighted by molar-refractivity contribution is 7.54. The molecule has 3 N–H and O–H groups in total. The summed E-state index contributed by atoms with van der Waals surface area (Å²) in [6.07, 6.45) is 29.4. The van der Waals surface area contributed by atoms with Gasteiger partial charge in [-0.25, -0.2) is 13.8 Å². The highest BCUT2D eigenvalue weighted by Gasteiger charge is 2.55. The van der Waals surface area contributed by atoms with Gasteiger partial charge in [0.15, 0.2) is 11.9 Å². The molecule has 2 unspecified atom stereocenters. The summed E-state index contributed by atoms with van der Waals surface area (Å²) in [5, 5.41) is 20.6. The number of Topliss-reactive ketones (excluding diaryl/α,β-unsaturated/α-hetero) is 1. The number of aromatic nitrogens is 2. The number of ketones is 1. The first kappa shape index (κ1) is 49.7. The van der Waals surface area contributed by atoms with Crippen molar-refractivity contribution >= 4 is 19.3 Å². The van der Waals surface area contributed by atoms with Gasteiger partial charge in [0.2, 0.25) is 0 Å². The molecule has 0 spiro atoms. The molecule has 3 rings (SSSR count). The van der Waals surface area contributed by atoms with Crippen molar-refractivity contribution in [2.75, 3.05) is 12.8 Å². The molecule has 60 heavy (non-hydrogen) atoms. The Bertz CT molecular complexity index is 1950. The third kappa shape index (κ3) is 18.3. The lowest BCUT2D eigenvalue weighted by molar-refractivity contribution is -0.144. The molecule has 12 nitrogen and oxygen atoms in total. The first-order valence-electron chi connectivity index (χ1n) is 20.8. The van der Waals surface area contributed by atoms with Crippen molar-refractivity contribution in [1.82, 2.24) is 9.55 Å². The second kappa shape index (κ2) is 27.2. The van der Waals surface area contributed by atoms with Crippen molar-refractivity contribution in [2.45, 2.75) is 121 Å². The minimum absolute atomic E-state index is 0.0694. The fourth-order valence-electron chi connectivity index (χ4n) is 6.37. The monoisotopic (exact) mass is 852 g/mol. The van der Waals surface area contributed by atoms with Crippen LogP contribution in [-0.4, -0.2) is 62.2 Å². The predicted molar refractivity (Wildman–Crippen MR) is 233 cm³/mol. The second-order valence-electron chi connectivity index (χ2n) is 14.8. The van der Waals surface area contributed by atoms with E-state index in [1.807, 2.05) is 17.1 Å². The third-order valence-electron chi connectivity index (χ3n) is 9.74. The Kier molecular flexibility index (Phi) is 22.5. The number of aliphatic hydroxyl groups excluding tert-OH is 1. The van der Waals surface area contributed by atoms with Gasteiger partial charge in [-0.2, -0.15) is 0 Å². The minimum atomic E-state index is -3.93. The number of carbonyl (C=O) groups excluding carboxylic acids is 1. The maximum Gasteiger partial charge on any atom is 0.379 e. The standard InChI is InChI=1S/C46H62FN2O10P/c1-3-4-5-6-7-8-9-10-11-12-13-14-15-16-17-18-19-20-24-29-38(50)35-37(43(53)54)28-23-22-27-34-60(56,59-39-30-25-21-26-31-39)57-36-40-42(52)46(2,47)44(58-40)49-33-32-41(51)48-45(49)55/h4-5,7-8,10-11,13-14,16-17,19-21,25-26,30-33,37,40,42,44,52H,3,6,9,12,15,18,22-24,27-29,34-36H2,1-2H3,(H,53,54)(H,48,51,55)/b5-4-,8-7-,11-10-,14-13-,17-16-,20-19-/t37?,40-,42-,44-,46-,60?/m1/s1. The maximum absolute atomic E-state index is 15.7. The molecule has 0 aliphatic carbocycles. The van der Waals surface area contributed by atoms with E-state index in [0.29, 0.717) is 25.7 Å². The molecule has 1 saturated heterocycles. The van der Waals surface area contributed by atoms with Gasteiger partial charge in [0.1, 0.15) is 23.7 Å². The number of carboxylic acids is 1. The van der Waals surface area contributed by atoms with Crippen LogP contribution in [-0.2, 0) is 23.4 Å². The highest BCUT2D eigenvalue weighted by Crippen LogP contribution is 2.51. The van der Waals surface area contributed by atoms with E-state index in [1.54, 1.807) is 30.3 Å². The van der Waals surface area contributed by atoms with Crippen LogP contribution in [0.1, 0.15) is 104 Å². The lowest BCUT2D eigenvalue weighted by Gasteiger charge is -2.24. The number of carboxylic acid groups (broad SMARTS) is 1. The van der Waals surface area contributed by atoms with Gasteiger partial charge >= 0.3 is 19.3 Å². The number of ether oxygens (including phenoxy) is 1. The number of para-hydroxylation sites is 1. The molecule has 2 heterocycles. The van der Waals surface area contributed by atoms with Gasteiger partial charge in [-0.1, -0.05) is 111 Å². The van der Waals surface area contributed by atoms with Crippen LogP contribution in [0.2, 0.25) is 0 Å². The Labute approximate surface area is 352 Å². The molecule has 1 aromatic carbocycles. The molecule has 14 heteroatoms. The summed E-state index contributed by atoms with van der Waals surface area (Å²) in [5.74, 6) is -1.75. The van der Waals surface area contributed by atoms with E-state index in [4.69, 9.17) is 13.8 Å². The Hall–Kier alpha value is -4.68. The molecule has 1 aromatic heterocycles. The first-order chi connectivity index (χ1) is 28.9. The third-order valence-corrected chi connectivity index (χ3v) is 11.6. The Morgan fingerprint density at radius 1 is 0.900 bits per heavy atom. The fraction of sp³-hybridized carbons (Fsp3) is 0.478. The van der Waals surface area contributed by atoms with Gasteiger partial charge in [0, 0.05) is 25.1 Å². The zero-order valence-corrected chi connectivity index (χ0v) is 35.7. The summed E-state index contributed by atoms with van der Waals surface area (Å²) in [6.45, 7) is 2.63. The maximum atomic E-state index is 15.7. The highest BCUT2D eigenvalue weighted by atomic mass is 31.2. The molecule has 1 aliphatic rings. The number of carbonyl (C=O) groups is 2. The number of alkyl halides is 1. The predicted octanol–water partition coefficient (Wildman–Crippen LogP) is 9.51. The molecule has 1 aliphatic heterocycles. The minimum Gasteiger partial charge on any atom is -0.481 e. The molecule has 0 bridgehead atoms. The number of rotatable bonds is 29. The van der Waals surface area contributed by atoms with E-state index in [9.17, 15) is 34.0 Å². The van der Waals surface area contributed by atoms with Crippen molar-refractivity contribution in [3.63, 3.8) is 0 Å². The van der Waals surface area contributed by atoms with Crippen molar-refractivity contribution in [3.8, 4) is 5.75 Å². The zero-order chi connectivity index (χ0) is 43.6. The number of H-pyrrole nitrogens is 1. The summed E-state index contributed by atoms with van der Waals surface area (Å²) in [6, 6.07) is 9.31. The van der Waals surface area contributed by atoms with Crippen molar-refractivity contribution < 1.29 is 42.5 Å². The number of aliphatic carboxylic acids is 1. The number of hydrogen-bond donors (Lipinski definition) is 3. The number of nitrogens with zero attached hydrogens (tertiary/aromatic N) is 1. The largest absolute Gasteiger partial charge is 0.481 e. The number of hydrogen-bond acceptors (Lipinski definition) is 9. The van der Waals surface area contributed by atoms with Gasteiger partial charge in [-0.3, -0.25) is 28.5 Å².